The second-order valence-electron chi connectivity index (χ2n) is 5.67. The minimum absolute atomic E-state index is 0.519. The standard InChI is InChI=1S/C16H22N2/c1-10-8-11(2)15-13(9-10)12(3)16(18-15)14-6-4-5-7-17-14/h8-9,14,17-18H,4-7H2,1-3H3. The molecule has 1 fully saturated rings. The van der Waals surface area contributed by atoms with Gasteiger partial charge < -0.3 is 10.3 Å². The van der Waals surface area contributed by atoms with E-state index in [9.17, 15) is 0 Å². The first-order valence-electron chi connectivity index (χ1n) is 6.99. The monoisotopic (exact) mass is 242 g/mol. The Labute approximate surface area is 109 Å². The van der Waals surface area contributed by atoms with Gasteiger partial charge in [0.25, 0.3) is 0 Å². The van der Waals surface area contributed by atoms with Crippen molar-refractivity contribution in [1.82, 2.24) is 10.3 Å². The van der Waals surface area contributed by atoms with Crippen LogP contribution >= 0.6 is 0 Å². The third-order valence-corrected chi connectivity index (χ3v) is 4.21. The Morgan fingerprint density at radius 3 is 2.67 bits per heavy atom. The van der Waals surface area contributed by atoms with Crippen LogP contribution in [-0.2, 0) is 0 Å². The van der Waals surface area contributed by atoms with E-state index in [1.165, 1.54) is 52.5 Å². The highest BCUT2D eigenvalue weighted by molar-refractivity contribution is 5.87. The normalized spacial score (nSPS) is 20.5. The molecule has 0 saturated carbocycles. The van der Waals surface area contributed by atoms with Crippen molar-refractivity contribution in [1.29, 1.82) is 0 Å². The fourth-order valence-electron chi connectivity index (χ4n) is 3.25. The van der Waals surface area contributed by atoms with E-state index in [-0.39, 0.29) is 0 Å². The molecule has 1 aromatic carbocycles. The van der Waals surface area contributed by atoms with Crippen LogP contribution in [0.4, 0.5) is 0 Å². The van der Waals surface area contributed by atoms with Crippen LogP contribution in [0, 0.1) is 20.8 Å². The predicted octanol–water partition coefficient (Wildman–Crippen LogP) is 3.91. The molecular weight excluding hydrogens is 220 g/mol. The number of hydrogen-bond donors (Lipinski definition) is 2. The first kappa shape index (κ1) is 11.8. The van der Waals surface area contributed by atoms with Gasteiger partial charge in [0.1, 0.15) is 0 Å². The highest BCUT2D eigenvalue weighted by Gasteiger charge is 2.20. The maximum Gasteiger partial charge on any atom is 0.0489 e. The molecule has 1 aromatic heterocycles. The van der Waals surface area contributed by atoms with Gasteiger partial charge in [-0.1, -0.05) is 18.1 Å². The van der Waals surface area contributed by atoms with Crippen molar-refractivity contribution in [2.45, 2.75) is 46.1 Å². The van der Waals surface area contributed by atoms with Crippen LogP contribution in [0.2, 0.25) is 0 Å². The molecule has 2 heterocycles. The molecular formula is C16H22N2. The summed E-state index contributed by atoms with van der Waals surface area (Å²) >= 11 is 0. The topological polar surface area (TPSA) is 27.8 Å². The fraction of sp³-hybridized carbons (Fsp3) is 0.500. The van der Waals surface area contributed by atoms with Crippen molar-refractivity contribution in [2.75, 3.05) is 6.54 Å². The average molecular weight is 242 g/mol. The first-order valence-corrected chi connectivity index (χ1v) is 6.99. The van der Waals surface area contributed by atoms with Crippen LogP contribution in [0.25, 0.3) is 10.9 Å². The number of H-pyrrole nitrogens is 1. The largest absolute Gasteiger partial charge is 0.357 e. The van der Waals surface area contributed by atoms with E-state index in [1.54, 1.807) is 0 Å². The summed E-state index contributed by atoms with van der Waals surface area (Å²) < 4.78 is 0. The molecule has 2 N–H and O–H groups in total. The van der Waals surface area contributed by atoms with Crippen molar-refractivity contribution in [3.63, 3.8) is 0 Å². The zero-order valence-electron chi connectivity index (χ0n) is 11.6. The quantitative estimate of drug-likeness (QED) is 0.779. The van der Waals surface area contributed by atoms with Crippen molar-refractivity contribution in [2.24, 2.45) is 0 Å². The molecule has 0 amide bonds. The highest BCUT2D eigenvalue weighted by Crippen LogP contribution is 2.32. The lowest BCUT2D eigenvalue weighted by Crippen LogP contribution is -2.27. The first-order chi connectivity index (χ1) is 8.66. The van der Waals surface area contributed by atoms with Crippen LogP contribution in [0.5, 0.6) is 0 Å². The molecule has 0 bridgehead atoms. The molecule has 0 spiro atoms. The lowest BCUT2D eigenvalue weighted by Gasteiger charge is -2.23. The van der Waals surface area contributed by atoms with E-state index in [4.69, 9.17) is 0 Å². The Morgan fingerprint density at radius 2 is 1.94 bits per heavy atom. The number of rotatable bonds is 1. The molecule has 18 heavy (non-hydrogen) atoms. The summed E-state index contributed by atoms with van der Waals surface area (Å²) in [6.45, 7) is 7.78. The minimum Gasteiger partial charge on any atom is -0.357 e. The Morgan fingerprint density at radius 1 is 1.11 bits per heavy atom. The van der Waals surface area contributed by atoms with Crippen LogP contribution in [0.3, 0.4) is 0 Å². The van der Waals surface area contributed by atoms with E-state index >= 15 is 0 Å². The van der Waals surface area contributed by atoms with Crippen molar-refractivity contribution < 1.29 is 0 Å². The van der Waals surface area contributed by atoms with Crippen LogP contribution in [-0.4, -0.2) is 11.5 Å². The molecule has 2 aromatic rings. The molecule has 1 saturated heterocycles. The Balaban J connectivity index is 2.13. The number of piperidine rings is 1. The van der Waals surface area contributed by atoms with Gasteiger partial charge in [-0.15, -0.1) is 0 Å². The number of aromatic amines is 1. The van der Waals surface area contributed by atoms with Gasteiger partial charge >= 0.3 is 0 Å². The molecule has 1 atom stereocenters. The minimum atomic E-state index is 0.519. The third kappa shape index (κ3) is 1.85. The smallest absolute Gasteiger partial charge is 0.0489 e. The van der Waals surface area contributed by atoms with E-state index in [2.05, 4.69) is 43.2 Å². The van der Waals surface area contributed by atoms with Crippen molar-refractivity contribution >= 4 is 10.9 Å². The number of fused-ring (bicyclic) bond motifs is 1. The summed E-state index contributed by atoms with van der Waals surface area (Å²) in [6.07, 6.45) is 3.91. The molecule has 3 rings (SSSR count). The molecule has 0 aliphatic carbocycles. The lowest BCUT2D eigenvalue weighted by atomic mass is 9.98. The van der Waals surface area contributed by atoms with Crippen LogP contribution in [0.15, 0.2) is 12.1 Å². The zero-order chi connectivity index (χ0) is 12.7. The molecule has 1 unspecified atom stereocenters. The van der Waals surface area contributed by atoms with Gasteiger partial charge in [-0.3, -0.25) is 0 Å². The summed E-state index contributed by atoms with van der Waals surface area (Å²) in [5, 5.41) is 5.04. The number of hydrogen-bond acceptors (Lipinski definition) is 1. The van der Waals surface area contributed by atoms with Gasteiger partial charge in [0, 0.05) is 22.6 Å². The van der Waals surface area contributed by atoms with Crippen molar-refractivity contribution in [3.05, 3.63) is 34.5 Å². The fourth-order valence-corrected chi connectivity index (χ4v) is 3.25. The summed E-state index contributed by atoms with van der Waals surface area (Å²) in [5.41, 5.74) is 6.86. The average Bonchev–Trinajstić information content (AvgIpc) is 2.69. The highest BCUT2D eigenvalue weighted by atomic mass is 15.0. The second-order valence-corrected chi connectivity index (χ2v) is 5.67. The van der Waals surface area contributed by atoms with Crippen LogP contribution in [0.1, 0.15) is 47.7 Å². The molecule has 0 radical (unpaired) electrons. The number of nitrogens with one attached hydrogen (secondary N) is 2. The van der Waals surface area contributed by atoms with Gasteiger partial charge in [-0.25, -0.2) is 0 Å². The van der Waals surface area contributed by atoms with E-state index in [0.717, 1.165) is 6.54 Å². The van der Waals surface area contributed by atoms with Gasteiger partial charge in [0.2, 0.25) is 0 Å². The molecule has 1 aliphatic heterocycles. The Hall–Kier alpha value is -1.28. The molecule has 2 nitrogen and oxygen atoms in total. The van der Waals surface area contributed by atoms with E-state index in [1.807, 2.05) is 0 Å². The number of aryl methyl sites for hydroxylation is 3. The maximum atomic E-state index is 3.67. The number of aromatic nitrogens is 1. The van der Waals surface area contributed by atoms with E-state index in [0.29, 0.717) is 6.04 Å². The Kier molecular flexibility index (Phi) is 2.90. The molecule has 96 valence electrons. The molecule has 2 heteroatoms. The SMILES string of the molecule is Cc1cc(C)c2[nH]c(C3CCCCN3)c(C)c2c1. The predicted molar refractivity (Wildman–Crippen MR) is 77.1 cm³/mol. The summed E-state index contributed by atoms with van der Waals surface area (Å²) in [4.78, 5) is 3.67. The lowest BCUT2D eigenvalue weighted by molar-refractivity contribution is 0.405. The van der Waals surface area contributed by atoms with E-state index < -0.39 is 0 Å². The number of benzene rings is 1. The third-order valence-electron chi connectivity index (χ3n) is 4.21. The van der Waals surface area contributed by atoms with Crippen LogP contribution < -0.4 is 5.32 Å². The summed E-state index contributed by atoms with van der Waals surface area (Å²) in [7, 11) is 0. The van der Waals surface area contributed by atoms with Crippen molar-refractivity contribution in [3.8, 4) is 0 Å². The maximum absolute atomic E-state index is 3.67. The molecule has 1 aliphatic rings. The van der Waals surface area contributed by atoms with Gasteiger partial charge in [-0.2, -0.15) is 0 Å². The van der Waals surface area contributed by atoms with Gasteiger partial charge in [-0.05, 0) is 57.4 Å². The van der Waals surface area contributed by atoms with Gasteiger partial charge in [0.15, 0.2) is 0 Å². The summed E-state index contributed by atoms with van der Waals surface area (Å²) in [5.74, 6) is 0. The van der Waals surface area contributed by atoms with Gasteiger partial charge in [0.05, 0.1) is 0 Å². The zero-order valence-corrected chi connectivity index (χ0v) is 11.6. The Bertz CT molecular complexity index is 574. The summed E-state index contributed by atoms with van der Waals surface area (Å²) in [6, 6.07) is 5.09. The second kappa shape index (κ2) is 4.43.